The van der Waals surface area contributed by atoms with Crippen molar-refractivity contribution >= 4 is 11.8 Å². The van der Waals surface area contributed by atoms with Crippen LogP contribution in [0.4, 0.5) is 0 Å². The number of carbonyl (C=O) groups excluding carboxylic acids is 2. The van der Waals surface area contributed by atoms with Gasteiger partial charge in [0.15, 0.2) is 0 Å². The van der Waals surface area contributed by atoms with Crippen LogP contribution in [0, 0.1) is 5.92 Å². The molecular weight excluding hydrogens is 288 g/mol. The molecule has 0 aliphatic carbocycles. The van der Waals surface area contributed by atoms with Crippen molar-refractivity contribution in [3.63, 3.8) is 0 Å². The first-order chi connectivity index (χ1) is 11.1. The number of carbonyl (C=O) groups is 2. The van der Waals surface area contributed by atoms with E-state index in [0.29, 0.717) is 18.8 Å². The smallest absolute Gasteiger partial charge is 0.219 e. The lowest BCUT2D eigenvalue weighted by atomic mass is 10.1. The van der Waals surface area contributed by atoms with Crippen molar-refractivity contribution in [2.75, 3.05) is 13.1 Å². The molecule has 2 N–H and O–H groups in total. The van der Waals surface area contributed by atoms with E-state index in [4.69, 9.17) is 0 Å². The molecule has 0 aromatic carbocycles. The van der Waals surface area contributed by atoms with Crippen LogP contribution in [0.5, 0.6) is 0 Å². The molecule has 0 aromatic heterocycles. The maximum absolute atomic E-state index is 11.7. The molecule has 0 unspecified atom stereocenters. The first-order valence-corrected chi connectivity index (χ1v) is 9.59. The number of amides is 2. The van der Waals surface area contributed by atoms with Gasteiger partial charge in [0.1, 0.15) is 0 Å². The molecule has 0 aliphatic rings. The zero-order valence-electron chi connectivity index (χ0n) is 15.6. The van der Waals surface area contributed by atoms with Gasteiger partial charge < -0.3 is 10.6 Å². The van der Waals surface area contributed by atoms with Gasteiger partial charge >= 0.3 is 0 Å². The molecule has 23 heavy (non-hydrogen) atoms. The van der Waals surface area contributed by atoms with E-state index in [0.717, 1.165) is 38.8 Å². The molecule has 0 rings (SSSR count). The van der Waals surface area contributed by atoms with Gasteiger partial charge in [0, 0.05) is 25.9 Å². The van der Waals surface area contributed by atoms with E-state index in [1.807, 2.05) is 0 Å². The molecule has 0 saturated heterocycles. The summed E-state index contributed by atoms with van der Waals surface area (Å²) in [6.45, 7) is 8.07. The molecule has 0 aromatic rings. The Morgan fingerprint density at radius 3 is 1.83 bits per heavy atom. The first-order valence-electron chi connectivity index (χ1n) is 9.59. The average Bonchev–Trinajstić information content (AvgIpc) is 2.50. The molecule has 0 atom stereocenters. The van der Waals surface area contributed by atoms with Crippen molar-refractivity contribution in [3.05, 3.63) is 0 Å². The maximum Gasteiger partial charge on any atom is 0.219 e. The Morgan fingerprint density at radius 1 is 0.739 bits per heavy atom. The summed E-state index contributed by atoms with van der Waals surface area (Å²) in [6.07, 6.45) is 11.1. The fourth-order valence-corrected chi connectivity index (χ4v) is 2.38. The standard InChI is InChI=1S/C19H38N2O2/c1-4-5-6-7-8-11-15-20-18(22)12-9-10-13-19(23)21-16-14-17(2)3/h17H,4-16H2,1-3H3,(H,20,22)(H,21,23). The summed E-state index contributed by atoms with van der Waals surface area (Å²) in [6, 6.07) is 0. The van der Waals surface area contributed by atoms with Crippen molar-refractivity contribution in [3.8, 4) is 0 Å². The normalized spacial score (nSPS) is 10.8. The third kappa shape index (κ3) is 17.1. The minimum Gasteiger partial charge on any atom is -0.356 e. The van der Waals surface area contributed by atoms with Crippen LogP contribution in [0.2, 0.25) is 0 Å². The third-order valence-electron chi connectivity index (χ3n) is 3.95. The highest BCUT2D eigenvalue weighted by Crippen LogP contribution is 2.04. The number of rotatable bonds is 15. The van der Waals surface area contributed by atoms with Crippen LogP contribution < -0.4 is 10.6 Å². The predicted molar refractivity (Wildman–Crippen MR) is 97.3 cm³/mol. The second kappa shape index (κ2) is 15.8. The van der Waals surface area contributed by atoms with E-state index in [1.54, 1.807) is 0 Å². The molecule has 4 nitrogen and oxygen atoms in total. The Morgan fingerprint density at radius 2 is 1.26 bits per heavy atom. The van der Waals surface area contributed by atoms with Crippen LogP contribution in [0.15, 0.2) is 0 Å². The van der Waals surface area contributed by atoms with Crippen molar-refractivity contribution in [1.82, 2.24) is 10.6 Å². The second-order valence-electron chi connectivity index (χ2n) is 6.86. The molecule has 0 fully saturated rings. The summed E-state index contributed by atoms with van der Waals surface area (Å²) >= 11 is 0. The van der Waals surface area contributed by atoms with E-state index >= 15 is 0 Å². The van der Waals surface area contributed by atoms with Crippen molar-refractivity contribution in [2.45, 2.75) is 91.4 Å². The van der Waals surface area contributed by atoms with Gasteiger partial charge in [0.25, 0.3) is 0 Å². The second-order valence-corrected chi connectivity index (χ2v) is 6.86. The van der Waals surface area contributed by atoms with Gasteiger partial charge in [-0.1, -0.05) is 52.9 Å². The zero-order chi connectivity index (χ0) is 17.3. The molecule has 0 radical (unpaired) electrons. The van der Waals surface area contributed by atoms with E-state index in [-0.39, 0.29) is 11.8 Å². The van der Waals surface area contributed by atoms with Crippen LogP contribution in [0.1, 0.15) is 91.4 Å². The monoisotopic (exact) mass is 326 g/mol. The molecule has 0 bridgehead atoms. The SMILES string of the molecule is CCCCCCCCNC(=O)CCCCC(=O)NCCC(C)C. The van der Waals surface area contributed by atoms with E-state index in [2.05, 4.69) is 31.4 Å². The lowest BCUT2D eigenvalue weighted by Crippen LogP contribution is -2.25. The maximum atomic E-state index is 11.7. The Balaban J connectivity index is 3.34. The first kappa shape index (κ1) is 21.9. The van der Waals surface area contributed by atoms with Gasteiger partial charge in [-0.05, 0) is 31.6 Å². The highest BCUT2D eigenvalue weighted by atomic mass is 16.2. The van der Waals surface area contributed by atoms with Crippen LogP contribution in [0.3, 0.4) is 0 Å². The van der Waals surface area contributed by atoms with Crippen LogP contribution >= 0.6 is 0 Å². The Labute approximate surface area is 143 Å². The molecule has 0 aliphatic heterocycles. The lowest BCUT2D eigenvalue weighted by Gasteiger charge is -2.07. The highest BCUT2D eigenvalue weighted by molar-refractivity contribution is 5.77. The van der Waals surface area contributed by atoms with Gasteiger partial charge in [-0.3, -0.25) is 9.59 Å². The number of nitrogens with one attached hydrogen (secondary N) is 2. The quantitative estimate of drug-likeness (QED) is 0.443. The summed E-state index contributed by atoms with van der Waals surface area (Å²) in [7, 11) is 0. The molecule has 0 saturated carbocycles. The van der Waals surface area contributed by atoms with Gasteiger partial charge in [-0.25, -0.2) is 0 Å². The van der Waals surface area contributed by atoms with E-state index in [1.165, 1.54) is 32.1 Å². The fourth-order valence-electron chi connectivity index (χ4n) is 2.38. The van der Waals surface area contributed by atoms with Gasteiger partial charge in [0.2, 0.25) is 11.8 Å². The molecule has 0 spiro atoms. The Bertz CT molecular complexity index is 304. The average molecular weight is 327 g/mol. The van der Waals surface area contributed by atoms with Crippen LogP contribution in [-0.2, 0) is 9.59 Å². The molecule has 4 heteroatoms. The summed E-state index contributed by atoms with van der Waals surface area (Å²) in [4.78, 5) is 23.2. The van der Waals surface area contributed by atoms with E-state index < -0.39 is 0 Å². The summed E-state index contributed by atoms with van der Waals surface area (Å²) < 4.78 is 0. The minimum atomic E-state index is 0.109. The Hall–Kier alpha value is -1.06. The van der Waals surface area contributed by atoms with Gasteiger partial charge in [-0.2, -0.15) is 0 Å². The van der Waals surface area contributed by atoms with Gasteiger partial charge in [-0.15, -0.1) is 0 Å². The minimum absolute atomic E-state index is 0.109. The number of unbranched alkanes of at least 4 members (excludes halogenated alkanes) is 6. The van der Waals surface area contributed by atoms with Gasteiger partial charge in [0.05, 0.1) is 0 Å². The van der Waals surface area contributed by atoms with E-state index in [9.17, 15) is 9.59 Å². The topological polar surface area (TPSA) is 58.2 Å². The summed E-state index contributed by atoms with van der Waals surface area (Å²) in [5.41, 5.74) is 0. The highest BCUT2D eigenvalue weighted by Gasteiger charge is 2.04. The number of hydrogen-bond acceptors (Lipinski definition) is 2. The fraction of sp³-hybridized carbons (Fsp3) is 0.895. The third-order valence-corrected chi connectivity index (χ3v) is 3.95. The zero-order valence-corrected chi connectivity index (χ0v) is 15.6. The molecular formula is C19H38N2O2. The molecule has 2 amide bonds. The van der Waals surface area contributed by atoms with Crippen LogP contribution in [-0.4, -0.2) is 24.9 Å². The predicted octanol–water partition coefficient (Wildman–Crippen LogP) is 4.19. The molecule has 136 valence electrons. The largest absolute Gasteiger partial charge is 0.356 e. The summed E-state index contributed by atoms with van der Waals surface area (Å²) in [5.74, 6) is 0.850. The van der Waals surface area contributed by atoms with Crippen molar-refractivity contribution in [2.24, 2.45) is 5.92 Å². The number of hydrogen-bond donors (Lipinski definition) is 2. The molecule has 0 heterocycles. The summed E-state index contributed by atoms with van der Waals surface area (Å²) in [5, 5.41) is 5.89. The van der Waals surface area contributed by atoms with Crippen LogP contribution in [0.25, 0.3) is 0 Å². The van der Waals surface area contributed by atoms with Crippen molar-refractivity contribution < 1.29 is 9.59 Å². The lowest BCUT2D eigenvalue weighted by molar-refractivity contribution is -0.123. The van der Waals surface area contributed by atoms with Crippen molar-refractivity contribution in [1.29, 1.82) is 0 Å². The Kier molecular flexibility index (Phi) is 15.1.